The van der Waals surface area contributed by atoms with Gasteiger partial charge in [0, 0.05) is 18.8 Å². The van der Waals surface area contributed by atoms with Gasteiger partial charge in [0.05, 0.1) is 6.54 Å². The van der Waals surface area contributed by atoms with Gasteiger partial charge in [0.1, 0.15) is 0 Å². The number of benzene rings is 2. The highest BCUT2D eigenvalue weighted by Crippen LogP contribution is 2.05. The Hall–Kier alpha value is -2.29. The van der Waals surface area contributed by atoms with Crippen molar-refractivity contribution in [3.8, 4) is 0 Å². The van der Waals surface area contributed by atoms with Crippen LogP contribution < -0.4 is 5.32 Å². The number of nitrogens with zero attached hydrogens (tertiary/aromatic N) is 1. The summed E-state index contributed by atoms with van der Waals surface area (Å²) in [5, 5.41) is 3.17. The number of nitrogens with one attached hydrogen (secondary N) is 1. The van der Waals surface area contributed by atoms with Crippen LogP contribution in [0.4, 0.5) is 5.69 Å². The minimum atomic E-state index is 0.136. The Morgan fingerprint density at radius 3 is 2.24 bits per heavy atom. The first-order chi connectivity index (χ1) is 10.3. The van der Waals surface area contributed by atoms with E-state index in [0.29, 0.717) is 6.54 Å². The van der Waals surface area contributed by atoms with E-state index in [1.165, 1.54) is 5.56 Å². The van der Waals surface area contributed by atoms with Gasteiger partial charge in [-0.1, -0.05) is 48.5 Å². The molecule has 0 bridgehead atoms. The Balaban J connectivity index is 1.81. The number of likely N-dealkylation sites (N-methyl/N-ethyl adjacent to an activating group) is 1. The number of hydrogen-bond acceptors (Lipinski definition) is 2. The summed E-state index contributed by atoms with van der Waals surface area (Å²) in [6.07, 6.45) is 0.895. The molecule has 0 aliphatic carbocycles. The molecular formula is C18H22N2O. The first-order valence-electron chi connectivity index (χ1n) is 7.40. The fourth-order valence-corrected chi connectivity index (χ4v) is 2.21. The molecule has 0 saturated carbocycles. The summed E-state index contributed by atoms with van der Waals surface area (Å²) in [6, 6.07) is 20.1. The second-order valence-corrected chi connectivity index (χ2v) is 4.93. The van der Waals surface area contributed by atoms with E-state index < -0.39 is 0 Å². The summed E-state index contributed by atoms with van der Waals surface area (Å²) in [6.45, 7) is 3.86. The Bertz CT molecular complexity index is 540. The summed E-state index contributed by atoms with van der Waals surface area (Å²) in [5.74, 6) is 0.136. The fourth-order valence-electron chi connectivity index (χ4n) is 2.21. The molecule has 0 aliphatic heterocycles. The maximum atomic E-state index is 12.2. The van der Waals surface area contributed by atoms with Gasteiger partial charge in [-0.15, -0.1) is 0 Å². The second-order valence-electron chi connectivity index (χ2n) is 4.93. The quantitative estimate of drug-likeness (QED) is 0.846. The molecule has 110 valence electrons. The van der Waals surface area contributed by atoms with Gasteiger partial charge < -0.3 is 10.2 Å². The average Bonchev–Trinajstić information content (AvgIpc) is 2.55. The van der Waals surface area contributed by atoms with Gasteiger partial charge in [0.15, 0.2) is 0 Å². The Kier molecular flexibility index (Phi) is 5.83. The van der Waals surface area contributed by atoms with E-state index in [9.17, 15) is 4.79 Å². The topological polar surface area (TPSA) is 32.3 Å². The molecule has 1 amide bonds. The summed E-state index contributed by atoms with van der Waals surface area (Å²) >= 11 is 0. The predicted octanol–water partition coefficient (Wildman–Crippen LogP) is 3.19. The van der Waals surface area contributed by atoms with E-state index in [4.69, 9.17) is 0 Å². The van der Waals surface area contributed by atoms with E-state index in [-0.39, 0.29) is 5.91 Å². The molecular weight excluding hydrogens is 260 g/mol. The van der Waals surface area contributed by atoms with E-state index in [1.54, 1.807) is 0 Å². The minimum absolute atomic E-state index is 0.136. The van der Waals surface area contributed by atoms with Crippen LogP contribution in [0.25, 0.3) is 0 Å². The first-order valence-corrected chi connectivity index (χ1v) is 7.40. The molecule has 0 radical (unpaired) electrons. The SMILES string of the molecule is CCN(CCc1ccccc1)C(=O)CNc1ccccc1. The maximum Gasteiger partial charge on any atom is 0.241 e. The van der Waals surface area contributed by atoms with Crippen LogP contribution in [0, 0.1) is 0 Å². The normalized spacial score (nSPS) is 10.1. The summed E-state index contributed by atoms with van der Waals surface area (Å²) < 4.78 is 0. The number of hydrogen-bond donors (Lipinski definition) is 1. The lowest BCUT2D eigenvalue weighted by Gasteiger charge is -2.21. The molecule has 1 N–H and O–H groups in total. The predicted molar refractivity (Wildman–Crippen MR) is 87.3 cm³/mol. The van der Waals surface area contributed by atoms with Crippen LogP contribution in [0.5, 0.6) is 0 Å². The second kappa shape index (κ2) is 8.10. The number of carbonyl (C=O) groups is 1. The highest BCUT2D eigenvalue weighted by Gasteiger charge is 2.11. The van der Waals surface area contributed by atoms with Crippen LogP contribution in [0.3, 0.4) is 0 Å². The van der Waals surface area contributed by atoms with Crippen LogP contribution in [0.1, 0.15) is 12.5 Å². The number of anilines is 1. The third-order valence-corrected chi connectivity index (χ3v) is 3.47. The molecule has 0 aliphatic rings. The lowest BCUT2D eigenvalue weighted by atomic mass is 10.1. The smallest absolute Gasteiger partial charge is 0.241 e. The van der Waals surface area contributed by atoms with E-state index in [2.05, 4.69) is 17.4 Å². The van der Waals surface area contributed by atoms with Crippen molar-refractivity contribution in [1.29, 1.82) is 0 Å². The third kappa shape index (κ3) is 4.95. The highest BCUT2D eigenvalue weighted by molar-refractivity contribution is 5.80. The molecule has 0 heterocycles. The summed E-state index contributed by atoms with van der Waals surface area (Å²) in [4.78, 5) is 14.1. The number of carbonyl (C=O) groups excluding carboxylic acids is 1. The standard InChI is InChI=1S/C18H22N2O/c1-2-20(14-13-16-9-5-3-6-10-16)18(21)15-19-17-11-7-4-8-12-17/h3-12,19H,2,13-15H2,1H3. The van der Waals surface area contributed by atoms with Crippen molar-refractivity contribution >= 4 is 11.6 Å². The van der Waals surface area contributed by atoms with E-state index >= 15 is 0 Å². The van der Waals surface area contributed by atoms with Gasteiger partial charge in [0.2, 0.25) is 5.91 Å². The molecule has 0 unspecified atom stereocenters. The van der Waals surface area contributed by atoms with Gasteiger partial charge in [-0.3, -0.25) is 4.79 Å². The molecule has 0 saturated heterocycles. The Morgan fingerprint density at radius 1 is 1.00 bits per heavy atom. The van der Waals surface area contributed by atoms with Gasteiger partial charge >= 0.3 is 0 Å². The first kappa shape index (κ1) is 15.1. The summed E-state index contributed by atoms with van der Waals surface area (Å²) in [7, 11) is 0. The number of rotatable bonds is 7. The molecule has 2 aromatic carbocycles. The molecule has 2 aromatic rings. The number of amides is 1. The zero-order chi connectivity index (χ0) is 14.9. The number of para-hydroxylation sites is 1. The van der Waals surface area contributed by atoms with Gasteiger partial charge in [-0.05, 0) is 31.0 Å². The van der Waals surface area contributed by atoms with Gasteiger partial charge in [0.25, 0.3) is 0 Å². The van der Waals surface area contributed by atoms with Gasteiger partial charge in [-0.2, -0.15) is 0 Å². The van der Waals surface area contributed by atoms with Crippen LogP contribution in [0.15, 0.2) is 60.7 Å². The maximum absolute atomic E-state index is 12.2. The zero-order valence-electron chi connectivity index (χ0n) is 12.5. The van der Waals surface area contributed by atoms with Crippen molar-refractivity contribution in [3.63, 3.8) is 0 Å². The molecule has 21 heavy (non-hydrogen) atoms. The summed E-state index contributed by atoms with van der Waals surface area (Å²) in [5.41, 5.74) is 2.24. The van der Waals surface area contributed by atoms with Crippen molar-refractivity contribution in [2.75, 3.05) is 25.0 Å². The van der Waals surface area contributed by atoms with Crippen molar-refractivity contribution in [3.05, 3.63) is 66.2 Å². The fraction of sp³-hybridized carbons (Fsp3) is 0.278. The molecule has 3 heteroatoms. The molecule has 3 nitrogen and oxygen atoms in total. The van der Waals surface area contributed by atoms with Crippen LogP contribution in [0.2, 0.25) is 0 Å². The van der Waals surface area contributed by atoms with E-state index in [0.717, 1.165) is 25.2 Å². The zero-order valence-corrected chi connectivity index (χ0v) is 12.5. The molecule has 2 rings (SSSR count). The lowest BCUT2D eigenvalue weighted by molar-refractivity contribution is -0.129. The third-order valence-electron chi connectivity index (χ3n) is 3.47. The monoisotopic (exact) mass is 282 g/mol. The minimum Gasteiger partial charge on any atom is -0.376 e. The Morgan fingerprint density at radius 2 is 1.62 bits per heavy atom. The molecule has 0 atom stereocenters. The average molecular weight is 282 g/mol. The van der Waals surface area contributed by atoms with E-state index in [1.807, 2.05) is 60.4 Å². The van der Waals surface area contributed by atoms with Crippen LogP contribution in [-0.4, -0.2) is 30.4 Å². The molecule has 0 spiro atoms. The van der Waals surface area contributed by atoms with Crippen molar-refractivity contribution < 1.29 is 4.79 Å². The molecule has 0 fully saturated rings. The van der Waals surface area contributed by atoms with Gasteiger partial charge in [-0.25, -0.2) is 0 Å². The van der Waals surface area contributed by atoms with Crippen LogP contribution >= 0.6 is 0 Å². The lowest BCUT2D eigenvalue weighted by Crippen LogP contribution is -2.36. The van der Waals surface area contributed by atoms with Crippen molar-refractivity contribution in [1.82, 2.24) is 4.90 Å². The highest BCUT2D eigenvalue weighted by atomic mass is 16.2. The van der Waals surface area contributed by atoms with Crippen molar-refractivity contribution in [2.45, 2.75) is 13.3 Å². The van der Waals surface area contributed by atoms with Crippen molar-refractivity contribution in [2.24, 2.45) is 0 Å². The Labute approximate surface area is 126 Å². The largest absolute Gasteiger partial charge is 0.376 e. The molecule has 0 aromatic heterocycles. The van der Waals surface area contributed by atoms with Crippen LogP contribution in [-0.2, 0) is 11.2 Å².